The van der Waals surface area contributed by atoms with E-state index < -0.39 is 0 Å². The summed E-state index contributed by atoms with van der Waals surface area (Å²) in [4.78, 5) is 0. The largest absolute Gasteiger partial charge is 0.481 e. The van der Waals surface area contributed by atoms with Crippen LogP contribution in [0.4, 0.5) is 5.69 Å². The van der Waals surface area contributed by atoms with Gasteiger partial charge in [0.05, 0.1) is 10.7 Å². The van der Waals surface area contributed by atoms with E-state index in [0.29, 0.717) is 11.6 Å². The van der Waals surface area contributed by atoms with Gasteiger partial charge < -0.3 is 10.1 Å². The van der Waals surface area contributed by atoms with Gasteiger partial charge in [0.15, 0.2) is 0 Å². The van der Waals surface area contributed by atoms with Crippen molar-refractivity contribution in [3.8, 4) is 18.1 Å². The van der Waals surface area contributed by atoms with Gasteiger partial charge in [-0.25, -0.2) is 0 Å². The molecule has 20 heavy (non-hydrogen) atoms. The molecule has 0 heterocycles. The normalized spacial score (nSPS) is 9.85. The molecule has 102 valence electrons. The highest BCUT2D eigenvalue weighted by atomic mass is 35.5. The Morgan fingerprint density at radius 1 is 1.20 bits per heavy atom. The minimum atomic E-state index is 0.266. The molecule has 0 saturated heterocycles. The van der Waals surface area contributed by atoms with E-state index in [1.54, 1.807) is 0 Å². The Hall–Kier alpha value is -2.11. The highest BCUT2D eigenvalue weighted by Crippen LogP contribution is 2.27. The molecule has 2 nitrogen and oxygen atoms in total. The molecule has 1 N–H and O–H groups in total. The van der Waals surface area contributed by atoms with Crippen molar-refractivity contribution >= 4 is 17.3 Å². The van der Waals surface area contributed by atoms with Crippen LogP contribution in [0.5, 0.6) is 5.75 Å². The summed E-state index contributed by atoms with van der Waals surface area (Å²) in [6.07, 6.45) is 5.22. The lowest BCUT2D eigenvalue weighted by Crippen LogP contribution is -2.05. The highest BCUT2D eigenvalue weighted by molar-refractivity contribution is 6.33. The standard InChI is InChI=1S/C17H16ClNO/c1-3-11-20-16-10-5-4-8-14(16)12-19-17-13(2)7-6-9-15(17)18/h1,4-10,19H,11-12H2,2H3. The maximum atomic E-state index is 6.20. The van der Waals surface area contributed by atoms with Gasteiger partial charge in [0.1, 0.15) is 12.4 Å². The van der Waals surface area contributed by atoms with Crippen molar-refractivity contribution < 1.29 is 4.74 Å². The molecular weight excluding hydrogens is 270 g/mol. The van der Waals surface area contributed by atoms with Crippen LogP contribution in [-0.2, 0) is 6.54 Å². The second-order valence-corrected chi connectivity index (χ2v) is 4.79. The first kappa shape index (κ1) is 14.3. The number of aryl methyl sites for hydroxylation is 1. The summed E-state index contributed by atoms with van der Waals surface area (Å²) in [5.41, 5.74) is 3.10. The second-order valence-electron chi connectivity index (χ2n) is 4.39. The minimum absolute atomic E-state index is 0.266. The number of hydrogen-bond acceptors (Lipinski definition) is 2. The summed E-state index contributed by atoms with van der Waals surface area (Å²) < 4.78 is 5.53. The van der Waals surface area contributed by atoms with Crippen LogP contribution in [0.2, 0.25) is 5.02 Å². The van der Waals surface area contributed by atoms with Crippen LogP contribution in [0.15, 0.2) is 42.5 Å². The number of benzene rings is 2. The van der Waals surface area contributed by atoms with Crippen molar-refractivity contribution in [2.24, 2.45) is 0 Å². The van der Waals surface area contributed by atoms with Crippen LogP contribution < -0.4 is 10.1 Å². The molecule has 2 aromatic carbocycles. The van der Waals surface area contributed by atoms with Gasteiger partial charge >= 0.3 is 0 Å². The summed E-state index contributed by atoms with van der Waals surface area (Å²) in [7, 11) is 0. The zero-order valence-electron chi connectivity index (χ0n) is 11.3. The Balaban J connectivity index is 2.13. The van der Waals surface area contributed by atoms with Crippen molar-refractivity contribution in [2.75, 3.05) is 11.9 Å². The molecule has 0 saturated carbocycles. The Bertz CT molecular complexity index is 611. The number of terminal acetylenes is 1. The summed E-state index contributed by atoms with van der Waals surface area (Å²) in [5, 5.41) is 4.07. The number of hydrogen-bond donors (Lipinski definition) is 1. The molecule has 0 amide bonds. The van der Waals surface area contributed by atoms with E-state index in [-0.39, 0.29) is 6.61 Å². The van der Waals surface area contributed by atoms with Gasteiger partial charge in [0.2, 0.25) is 0 Å². The van der Waals surface area contributed by atoms with Crippen molar-refractivity contribution in [1.29, 1.82) is 0 Å². The van der Waals surface area contributed by atoms with E-state index in [9.17, 15) is 0 Å². The van der Waals surface area contributed by atoms with Crippen molar-refractivity contribution in [3.05, 3.63) is 58.6 Å². The van der Waals surface area contributed by atoms with Gasteiger partial charge in [0, 0.05) is 12.1 Å². The number of anilines is 1. The van der Waals surface area contributed by atoms with Crippen LogP contribution in [0.25, 0.3) is 0 Å². The Kier molecular flexibility index (Phi) is 4.92. The Labute approximate surface area is 124 Å². The third kappa shape index (κ3) is 3.46. The quantitative estimate of drug-likeness (QED) is 0.828. The average Bonchev–Trinajstić information content (AvgIpc) is 2.45. The van der Waals surface area contributed by atoms with Crippen molar-refractivity contribution in [1.82, 2.24) is 0 Å². The van der Waals surface area contributed by atoms with E-state index in [1.165, 1.54) is 0 Å². The van der Waals surface area contributed by atoms with Gasteiger partial charge in [-0.05, 0) is 24.6 Å². The first-order chi connectivity index (χ1) is 9.72. The maximum Gasteiger partial charge on any atom is 0.148 e. The smallest absolute Gasteiger partial charge is 0.148 e. The van der Waals surface area contributed by atoms with E-state index in [1.807, 2.05) is 49.4 Å². The SMILES string of the molecule is C#CCOc1ccccc1CNc1c(C)cccc1Cl. The molecule has 0 fully saturated rings. The Morgan fingerprint density at radius 3 is 2.75 bits per heavy atom. The summed E-state index contributed by atoms with van der Waals surface area (Å²) in [6, 6.07) is 13.6. The molecule has 0 radical (unpaired) electrons. The second kappa shape index (κ2) is 6.88. The third-order valence-corrected chi connectivity index (χ3v) is 3.28. The van der Waals surface area contributed by atoms with E-state index >= 15 is 0 Å². The number of ether oxygens (including phenoxy) is 1. The molecule has 0 aromatic heterocycles. The zero-order chi connectivity index (χ0) is 14.4. The molecule has 0 bridgehead atoms. The van der Waals surface area contributed by atoms with E-state index in [4.69, 9.17) is 22.8 Å². The predicted molar refractivity (Wildman–Crippen MR) is 84.3 cm³/mol. The Morgan fingerprint density at radius 2 is 2.00 bits per heavy atom. The van der Waals surface area contributed by atoms with Gasteiger partial charge in [-0.2, -0.15) is 0 Å². The van der Waals surface area contributed by atoms with E-state index in [2.05, 4.69) is 11.2 Å². The topological polar surface area (TPSA) is 21.3 Å². The summed E-state index contributed by atoms with van der Waals surface area (Å²) in [5.74, 6) is 3.27. The molecule has 2 aromatic rings. The van der Waals surface area contributed by atoms with Crippen LogP contribution >= 0.6 is 11.6 Å². The lowest BCUT2D eigenvalue weighted by Gasteiger charge is -2.14. The van der Waals surface area contributed by atoms with Crippen LogP contribution in [0.3, 0.4) is 0 Å². The molecule has 0 aliphatic rings. The summed E-state index contributed by atoms with van der Waals surface area (Å²) in [6.45, 7) is 2.92. The first-order valence-corrected chi connectivity index (χ1v) is 6.73. The molecule has 0 atom stereocenters. The average molecular weight is 286 g/mol. The fourth-order valence-electron chi connectivity index (χ4n) is 1.95. The number of rotatable bonds is 5. The third-order valence-electron chi connectivity index (χ3n) is 2.96. The first-order valence-electron chi connectivity index (χ1n) is 6.35. The molecule has 0 spiro atoms. The predicted octanol–water partition coefficient (Wildman–Crippen LogP) is 4.27. The number of halogens is 1. The van der Waals surface area contributed by atoms with Gasteiger partial charge in [0.25, 0.3) is 0 Å². The molecule has 0 unspecified atom stereocenters. The lowest BCUT2D eigenvalue weighted by molar-refractivity contribution is 0.366. The molecule has 0 aliphatic carbocycles. The molecule has 3 heteroatoms. The molecule has 2 rings (SSSR count). The highest BCUT2D eigenvalue weighted by Gasteiger charge is 2.06. The number of para-hydroxylation sites is 2. The van der Waals surface area contributed by atoms with E-state index in [0.717, 1.165) is 22.6 Å². The minimum Gasteiger partial charge on any atom is -0.481 e. The maximum absolute atomic E-state index is 6.20. The monoisotopic (exact) mass is 285 g/mol. The molecule has 0 aliphatic heterocycles. The van der Waals surface area contributed by atoms with Gasteiger partial charge in [-0.15, -0.1) is 6.42 Å². The van der Waals surface area contributed by atoms with Crippen molar-refractivity contribution in [3.63, 3.8) is 0 Å². The fourth-order valence-corrected chi connectivity index (χ4v) is 2.24. The molecular formula is C17H16ClNO. The number of nitrogens with one attached hydrogen (secondary N) is 1. The van der Waals surface area contributed by atoms with Crippen LogP contribution in [-0.4, -0.2) is 6.61 Å². The van der Waals surface area contributed by atoms with Crippen LogP contribution in [0, 0.1) is 19.3 Å². The lowest BCUT2D eigenvalue weighted by atomic mass is 10.1. The van der Waals surface area contributed by atoms with Gasteiger partial charge in [-0.3, -0.25) is 0 Å². The van der Waals surface area contributed by atoms with Crippen LogP contribution in [0.1, 0.15) is 11.1 Å². The summed E-state index contributed by atoms with van der Waals surface area (Å²) >= 11 is 6.20. The fraction of sp³-hybridized carbons (Fsp3) is 0.176. The van der Waals surface area contributed by atoms with Crippen molar-refractivity contribution in [2.45, 2.75) is 13.5 Å². The zero-order valence-corrected chi connectivity index (χ0v) is 12.1. The van der Waals surface area contributed by atoms with Gasteiger partial charge in [-0.1, -0.05) is 47.9 Å².